The predicted octanol–water partition coefficient (Wildman–Crippen LogP) is 4.23. The zero-order chi connectivity index (χ0) is 16.5. The van der Waals surface area contributed by atoms with Crippen LogP contribution in [0.25, 0.3) is 11.5 Å². The van der Waals surface area contributed by atoms with Gasteiger partial charge in [0.1, 0.15) is 11.7 Å². The molecule has 1 heterocycles. The Morgan fingerprint density at radius 3 is 2.17 bits per heavy atom. The summed E-state index contributed by atoms with van der Waals surface area (Å²) in [7, 11) is 0. The molecule has 4 nitrogen and oxygen atoms in total. The van der Waals surface area contributed by atoms with Gasteiger partial charge in [0, 0.05) is 11.5 Å². The van der Waals surface area contributed by atoms with Crippen molar-refractivity contribution in [2.45, 2.75) is 11.8 Å². The summed E-state index contributed by atoms with van der Waals surface area (Å²) in [6, 6.07) is 23.8. The van der Waals surface area contributed by atoms with Crippen LogP contribution in [0.4, 0.5) is 0 Å². The first kappa shape index (κ1) is 14.2. The summed E-state index contributed by atoms with van der Waals surface area (Å²) in [5.41, 5.74) is 2.55. The number of benzene rings is 2. The molecule has 0 saturated heterocycles. The van der Waals surface area contributed by atoms with E-state index in [1.165, 1.54) is 0 Å². The molecule has 3 unspecified atom stereocenters. The summed E-state index contributed by atoms with van der Waals surface area (Å²) >= 11 is 0. The van der Waals surface area contributed by atoms with Gasteiger partial charge in [-0.25, -0.2) is 4.98 Å². The lowest BCUT2D eigenvalue weighted by Gasteiger charge is -2.15. The summed E-state index contributed by atoms with van der Waals surface area (Å²) in [5, 5.41) is 19.2. The lowest BCUT2D eigenvalue weighted by molar-refractivity contribution is 0.474. The van der Waals surface area contributed by atoms with Crippen molar-refractivity contribution in [2.24, 2.45) is 5.92 Å². The average molecular weight is 311 g/mol. The molecular formula is C20H13N3O. The molecule has 3 atom stereocenters. The molecule has 4 heteroatoms. The second kappa shape index (κ2) is 5.68. The first-order valence-corrected chi connectivity index (χ1v) is 7.73. The maximum Gasteiger partial charge on any atom is 0.226 e. The Balaban J connectivity index is 1.87. The van der Waals surface area contributed by atoms with E-state index in [9.17, 15) is 10.5 Å². The number of fused-ring (bicyclic) bond motifs is 1. The molecular weight excluding hydrogens is 298 g/mol. The maximum absolute atomic E-state index is 9.61. The smallest absolute Gasteiger partial charge is 0.226 e. The largest absolute Gasteiger partial charge is 0.439 e. The monoisotopic (exact) mass is 311 g/mol. The van der Waals surface area contributed by atoms with E-state index in [0.717, 1.165) is 11.1 Å². The van der Waals surface area contributed by atoms with Crippen molar-refractivity contribution in [3.63, 3.8) is 0 Å². The van der Waals surface area contributed by atoms with Crippen molar-refractivity contribution < 1.29 is 4.42 Å². The third kappa shape index (κ3) is 2.09. The van der Waals surface area contributed by atoms with Crippen molar-refractivity contribution in [1.29, 1.82) is 10.5 Å². The van der Waals surface area contributed by atoms with Crippen molar-refractivity contribution in [3.05, 3.63) is 77.7 Å². The number of hydrogen-bond acceptors (Lipinski definition) is 4. The molecule has 0 N–H and O–H groups in total. The van der Waals surface area contributed by atoms with Gasteiger partial charge in [0.2, 0.25) is 5.89 Å². The van der Waals surface area contributed by atoms with Crippen LogP contribution in [-0.2, 0) is 0 Å². The first-order valence-electron chi connectivity index (χ1n) is 7.73. The Hall–Kier alpha value is -3.37. The molecule has 3 aromatic rings. The van der Waals surface area contributed by atoms with E-state index < -0.39 is 11.8 Å². The topological polar surface area (TPSA) is 73.6 Å². The highest BCUT2D eigenvalue weighted by atomic mass is 16.4. The molecule has 0 bridgehead atoms. The minimum Gasteiger partial charge on any atom is -0.439 e. The van der Waals surface area contributed by atoms with Crippen LogP contribution in [0.15, 0.2) is 65.1 Å². The molecule has 0 aliphatic heterocycles. The number of aromatic nitrogens is 1. The van der Waals surface area contributed by atoms with Crippen LogP contribution in [0.2, 0.25) is 0 Å². The SMILES string of the molecule is N#CC1c2oc(-c3ccccc3)nc2C(c2ccccc2)C1C#N. The molecule has 0 spiro atoms. The number of nitriles is 2. The molecule has 1 aliphatic carbocycles. The fraction of sp³-hybridized carbons (Fsp3) is 0.150. The van der Waals surface area contributed by atoms with Gasteiger partial charge in [-0.3, -0.25) is 0 Å². The lowest BCUT2D eigenvalue weighted by atomic mass is 9.85. The van der Waals surface area contributed by atoms with Gasteiger partial charge in [-0.1, -0.05) is 48.5 Å². The highest BCUT2D eigenvalue weighted by molar-refractivity contribution is 5.56. The van der Waals surface area contributed by atoms with Crippen molar-refractivity contribution in [3.8, 4) is 23.6 Å². The predicted molar refractivity (Wildman–Crippen MR) is 87.7 cm³/mol. The quantitative estimate of drug-likeness (QED) is 0.709. The first-order chi connectivity index (χ1) is 11.8. The van der Waals surface area contributed by atoms with Gasteiger partial charge in [-0.15, -0.1) is 0 Å². The summed E-state index contributed by atoms with van der Waals surface area (Å²) in [4.78, 5) is 4.65. The van der Waals surface area contributed by atoms with E-state index in [4.69, 9.17) is 4.42 Å². The van der Waals surface area contributed by atoms with Gasteiger partial charge in [0.15, 0.2) is 0 Å². The highest BCUT2D eigenvalue weighted by Crippen LogP contribution is 2.50. The Labute approximate surface area is 139 Å². The molecule has 1 aliphatic rings. The standard InChI is InChI=1S/C20H13N3O/c21-11-15-16(12-22)19-18(17(15)13-7-3-1-4-8-13)23-20(24-19)14-9-5-2-6-10-14/h1-10,15-17H. The fourth-order valence-corrected chi connectivity index (χ4v) is 3.33. The Morgan fingerprint density at radius 2 is 1.54 bits per heavy atom. The number of nitrogens with zero attached hydrogens (tertiary/aromatic N) is 3. The van der Waals surface area contributed by atoms with E-state index in [2.05, 4.69) is 17.1 Å². The molecule has 0 amide bonds. The minimum atomic E-state index is -0.597. The Bertz CT molecular complexity index is 948. The molecule has 2 aromatic carbocycles. The highest BCUT2D eigenvalue weighted by Gasteiger charge is 2.46. The van der Waals surface area contributed by atoms with Gasteiger partial charge in [-0.05, 0) is 17.7 Å². The van der Waals surface area contributed by atoms with Gasteiger partial charge in [0.25, 0.3) is 0 Å². The van der Waals surface area contributed by atoms with Crippen LogP contribution in [-0.4, -0.2) is 4.98 Å². The third-order valence-corrected chi connectivity index (χ3v) is 4.44. The molecule has 1 aromatic heterocycles. The van der Waals surface area contributed by atoms with Crippen LogP contribution in [0.5, 0.6) is 0 Å². The van der Waals surface area contributed by atoms with Crippen LogP contribution >= 0.6 is 0 Å². The van der Waals surface area contributed by atoms with E-state index in [1.54, 1.807) is 0 Å². The van der Waals surface area contributed by atoms with E-state index in [-0.39, 0.29) is 5.92 Å². The fourth-order valence-electron chi connectivity index (χ4n) is 3.33. The van der Waals surface area contributed by atoms with E-state index in [1.807, 2.05) is 60.7 Å². The van der Waals surface area contributed by atoms with Crippen LogP contribution in [0.1, 0.15) is 28.9 Å². The summed E-state index contributed by atoms with van der Waals surface area (Å²) in [6.07, 6.45) is 0. The van der Waals surface area contributed by atoms with Crippen molar-refractivity contribution in [1.82, 2.24) is 4.98 Å². The van der Waals surface area contributed by atoms with Gasteiger partial charge < -0.3 is 4.42 Å². The van der Waals surface area contributed by atoms with Gasteiger partial charge >= 0.3 is 0 Å². The van der Waals surface area contributed by atoms with E-state index in [0.29, 0.717) is 17.3 Å². The van der Waals surface area contributed by atoms with Gasteiger partial charge in [-0.2, -0.15) is 10.5 Å². The summed E-state index contributed by atoms with van der Waals surface area (Å²) < 4.78 is 5.91. The lowest BCUT2D eigenvalue weighted by Crippen LogP contribution is -2.11. The Morgan fingerprint density at radius 1 is 0.875 bits per heavy atom. The zero-order valence-electron chi connectivity index (χ0n) is 12.8. The Kier molecular flexibility index (Phi) is 3.37. The van der Waals surface area contributed by atoms with Crippen molar-refractivity contribution >= 4 is 0 Å². The van der Waals surface area contributed by atoms with Crippen molar-refractivity contribution in [2.75, 3.05) is 0 Å². The van der Waals surface area contributed by atoms with E-state index >= 15 is 0 Å². The molecule has 4 rings (SSSR count). The summed E-state index contributed by atoms with van der Waals surface area (Å²) in [5.74, 6) is -0.296. The van der Waals surface area contributed by atoms with Crippen LogP contribution in [0.3, 0.4) is 0 Å². The summed E-state index contributed by atoms with van der Waals surface area (Å²) in [6.45, 7) is 0. The minimum absolute atomic E-state index is 0.239. The number of hydrogen-bond donors (Lipinski definition) is 0. The normalized spacial score (nSPS) is 21.7. The molecule has 24 heavy (non-hydrogen) atoms. The zero-order valence-corrected chi connectivity index (χ0v) is 12.8. The second-order valence-electron chi connectivity index (χ2n) is 5.78. The average Bonchev–Trinajstić information content (AvgIpc) is 3.19. The van der Waals surface area contributed by atoms with Crippen LogP contribution in [0, 0.1) is 28.6 Å². The third-order valence-electron chi connectivity index (χ3n) is 4.44. The number of oxazole rings is 1. The molecule has 114 valence electrons. The number of rotatable bonds is 2. The van der Waals surface area contributed by atoms with Crippen LogP contribution < -0.4 is 0 Å². The molecule has 0 saturated carbocycles. The molecule has 0 fully saturated rings. The second-order valence-corrected chi connectivity index (χ2v) is 5.78. The maximum atomic E-state index is 9.61. The molecule has 0 radical (unpaired) electrons. The van der Waals surface area contributed by atoms with Gasteiger partial charge in [0.05, 0.1) is 23.8 Å².